The van der Waals surface area contributed by atoms with Crippen molar-refractivity contribution in [2.75, 3.05) is 0 Å². The van der Waals surface area contributed by atoms with E-state index in [9.17, 15) is 9.59 Å². The van der Waals surface area contributed by atoms with Gasteiger partial charge in [-0.2, -0.15) is 0 Å². The zero-order valence-corrected chi connectivity index (χ0v) is 8.14. The van der Waals surface area contributed by atoms with Gasteiger partial charge in [-0.25, -0.2) is 0 Å². The molecule has 2 aromatic carbocycles. The van der Waals surface area contributed by atoms with Crippen molar-refractivity contribution in [3.8, 4) is 0 Å². The van der Waals surface area contributed by atoms with Crippen molar-refractivity contribution in [1.29, 1.82) is 0 Å². The van der Waals surface area contributed by atoms with Crippen LogP contribution in [0.4, 0.5) is 0 Å². The van der Waals surface area contributed by atoms with Crippen LogP contribution in [-0.2, 0) is 4.79 Å². The lowest BCUT2D eigenvalue weighted by atomic mass is 10.0. The van der Waals surface area contributed by atoms with Crippen molar-refractivity contribution in [3.63, 3.8) is 0 Å². The van der Waals surface area contributed by atoms with Gasteiger partial charge in [0, 0.05) is 5.56 Å². The monoisotopic (exact) mass is 198 g/mol. The quantitative estimate of drug-likeness (QED) is 0.431. The van der Waals surface area contributed by atoms with Gasteiger partial charge in [-0.1, -0.05) is 42.5 Å². The van der Waals surface area contributed by atoms with E-state index in [1.807, 2.05) is 36.4 Å². The summed E-state index contributed by atoms with van der Waals surface area (Å²) in [4.78, 5) is 21.9. The lowest BCUT2D eigenvalue weighted by Crippen LogP contribution is -2.00. The largest absolute Gasteiger partial charge is 0.303 e. The molecule has 15 heavy (non-hydrogen) atoms. The van der Waals surface area contributed by atoms with Crippen LogP contribution in [0.25, 0.3) is 10.8 Å². The molecule has 2 nitrogen and oxygen atoms in total. The Morgan fingerprint density at radius 2 is 1.80 bits per heavy atom. The minimum absolute atomic E-state index is 0.0476. The first-order valence-electron chi connectivity index (χ1n) is 4.77. The standard InChI is InChI=1S/C13H10O2/c14-9-8-13(15)12-7-3-5-10-4-1-2-6-11(10)12/h1-7,9H,8H2. The van der Waals surface area contributed by atoms with Gasteiger partial charge in [-0.3, -0.25) is 4.79 Å². The highest BCUT2D eigenvalue weighted by Gasteiger charge is 2.08. The Morgan fingerprint density at radius 1 is 1.07 bits per heavy atom. The van der Waals surface area contributed by atoms with Crippen molar-refractivity contribution in [3.05, 3.63) is 48.0 Å². The predicted molar refractivity (Wildman–Crippen MR) is 59.0 cm³/mol. The summed E-state index contributed by atoms with van der Waals surface area (Å²) in [6.45, 7) is 0. The third-order valence-electron chi connectivity index (χ3n) is 2.36. The molecule has 0 bridgehead atoms. The van der Waals surface area contributed by atoms with Crippen LogP contribution in [0, 0.1) is 0 Å². The van der Waals surface area contributed by atoms with E-state index in [0.29, 0.717) is 11.8 Å². The summed E-state index contributed by atoms with van der Waals surface area (Å²) in [5, 5.41) is 1.93. The molecule has 0 aromatic heterocycles. The maximum atomic E-state index is 11.6. The Labute approximate surface area is 87.5 Å². The van der Waals surface area contributed by atoms with Gasteiger partial charge >= 0.3 is 0 Å². The molecule has 0 fully saturated rings. The Morgan fingerprint density at radius 3 is 2.60 bits per heavy atom. The molecule has 74 valence electrons. The first-order chi connectivity index (χ1) is 7.33. The molecule has 0 aliphatic heterocycles. The highest BCUT2D eigenvalue weighted by Crippen LogP contribution is 2.19. The molecule has 0 saturated heterocycles. The number of hydrogen-bond donors (Lipinski definition) is 0. The Kier molecular flexibility index (Phi) is 2.59. The number of fused-ring (bicyclic) bond motifs is 1. The Bertz CT molecular complexity index is 509. The Hall–Kier alpha value is -1.96. The molecular formula is C13H10O2. The Balaban J connectivity index is 2.60. The number of ketones is 1. The van der Waals surface area contributed by atoms with E-state index in [2.05, 4.69) is 0 Å². The molecule has 0 saturated carbocycles. The van der Waals surface area contributed by atoms with Crippen molar-refractivity contribution in [2.24, 2.45) is 0 Å². The number of carbonyl (C=O) groups is 2. The molecule has 2 heteroatoms. The second-order valence-electron chi connectivity index (χ2n) is 3.32. The maximum absolute atomic E-state index is 11.6. The summed E-state index contributed by atoms with van der Waals surface area (Å²) in [5.74, 6) is -0.123. The molecule has 2 aromatic rings. The number of Topliss-reactive ketones (excluding diaryl/α,β-unsaturated/α-hetero) is 1. The number of hydrogen-bond acceptors (Lipinski definition) is 2. The predicted octanol–water partition coefficient (Wildman–Crippen LogP) is 2.61. The van der Waals surface area contributed by atoms with Crippen LogP contribution in [-0.4, -0.2) is 12.1 Å². The van der Waals surface area contributed by atoms with Gasteiger partial charge in [-0.15, -0.1) is 0 Å². The third-order valence-corrected chi connectivity index (χ3v) is 2.36. The van der Waals surface area contributed by atoms with Gasteiger partial charge in [0.25, 0.3) is 0 Å². The van der Waals surface area contributed by atoms with Crippen LogP contribution in [0.3, 0.4) is 0 Å². The second-order valence-corrected chi connectivity index (χ2v) is 3.32. The summed E-state index contributed by atoms with van der Waals surface area (Å²) < 4.78 is 0. The SMILES string of the molecule is O=CCC(=O)c1cccc2ccccc12. The fourth-order valence-corrected chi connectivity index (χ4v) is 1.65. The lowest BCUT2D eigenvalue weighted by molar-refractivity contribution is -0.107. The van der Waals surface area contributed by atoms with E-state index >= 15 is 0 Å². The molecule has 0 aliphatic carbocycles. The number of benzene rings is 2. The molecule has 0 spiro atoms. The van der Waals surface area contributed by atoms with Crippen LogP contribution < -0.4 is 0 Å². The molecule has 0 heterocycles. The van der Waals surface area contributed by atoms with Gasteiger partial charge in [0.15, 0.2) is 5.78 Å². The normalized spacial score (nSPS) is 10.1. The van der Waals surface area contributed by atoms with Crippen LogP contribution >= 0.6 is 0 Å². The van der Waals surface area contributed by atoms with Gasteiger partial charge in [-0.05, 0) is 10.8 Å². The van der Waals surface area contributed by atoms with E-state index < -0.39 is 0 Å². The molecule has 0 radical (unpaired) electrons. The average Bonchev–Trinajstić information content (AvgIpc) is 2.28. The summed E-state index contributed by atoms with van der Waals surface area (Å²) in [7, 11) is 0. The highest BCUT2D eigenvalue weighted by molar-refractivity contribution is 6.11. The van der Waals surface area contributed by atoms with E-state index in [1.54, 1.807) is 6.07 Å². The number of aldehydes is 1. The topological polar surface area (TPSA) is 34.1 Å². The average molecular weight is 198 g/mol. The summed E-state index contributed by atoms with van der Waals surface area (Å²) in [6, 6.07) is 13.2. The van der Waals surface area contributed by atoms with Crippen LogP contribution in [0.5, 0.6) is 0 Å². The second kappa shape index (κ2) is 4.05. The zero-order chi connectivity index (χ0) is 10.7. The molecule has 0 aliphatic rings. The van der Waals surface area contributed by atoms with Gasteiger partial charge in [0.05, 0.1) is 6.42 Å². The van der Waals surface area contributed by atoms with E-state index in [0.717, 1.165) is 10.8 Å². The zero-order valence-electron chi connectivity index (χ0n) is 8.14. The number of rotatable bonds is 3. The van der Waals surface area contributed by atoms with E-state index in [1.165, 1.54) is 0 Å². The molecule has 0 unspecified atom stereocenters. The maximum Gasteiger partial charge on any atom is 0.170 e. The van der Waals surface area contributed by atoms with Crippen molar-refractivity contribution in [2.45, 2.75) is 6.42 Å². The fraction of sp³-hybridized carbons (Fsp3) is 0.0769. The molecule has 2 rings (SSSR count). The summed E-state index contributed by atoms with van der Waals surface area (Å²) >= 11 is 0. The molecule has 0 atom stereocenters. The van der Waals surface area contributed by atoms with Crippen LogP contribution in [0.15, 0.2) is 42.5 Å². The van der Waals surface area contributed by atoms with E-state index in [4.69, 9.17) is 0 Å². The third kappa shape index (κ3) is 1.79. The van der Waals surface area contributed by atoms with Gasteiger partial charge < -0.3 is 4.79 Å². The van der Waals surface area contributed by atoms with Gasteiger partial charge in [0.1, 0.15) is 6.29 Å². The minimum atomic E-state index is -0.123. The smallest absolute Gasteiger partial charge is 0.170 e. The van der Waals surface area contributed by atoms with Crippen molar-refractivity contribution >= 4 is 22.8 Å². The first-order valence-corrected chi connectivity index (χ1v) is 4.77. The summed E-state index contributed by atoms with van der Waals surface area (Å²) in [5.41, 5.74) is 0.625. The fourth-order valence-electron chi connectivity index (χ4n) is 1.65. The van der Waals surface area contributed by atoms with Crippen LogP contribution in [0.1, 0.15) is 16.8 Å². The molecule has 0 N–H and O–H groups in total. The van der Waals surface area contributed by atoms with Gasteiger partial charge in [0.2, 0.25) is 0 Å². The lowest BCUT2D eigenvalue weighted by Gasteiger charge is -2.03. The highest BCUT2D eigenvalue weighted by atomic mass is 16.1. The van der Waals surface area contributed by atoms with Crippen molar-refractivity contribution in [1.82, 2.24) is 0 Å². The molecule has 0 amide bonds. The van der Waals surface area contributed by atoms with Crippen LogP contribution in [0.2, 0.25) is 0 Å². The van der Waals surface area contributed by atoms with Crippen molar-refractivity contribution < 1.29 is 9.59 Å². The number of carbonyl (C=O) groups excluding carboxylic acids is 2. The minimum Gasteiger partial charge on any atom is -0.303 e. The van der Waals surface area contributed by atoms with E-state index in [-0.39, 0.29) is 12.2 Å². The summed E-state index contributed by atoms with van der Waals surface area (Å²) in [6.07, 6.45) is 0.595. The first kappa shape index (κ1) is 9.59. The molecular weight excluding hydrogens is 188 g/mol.